The molecule has 3 aromatic heterocycles. The molecule has 3 heterocycles. The Morgan fingerprint density at radius 3 is 2.91 bits per heavy atom. The van der Waals surface area contributed by atoms with Crippen molar-refractivity contribution in [3.63, 3.8) is 0 Å². The van der Waals surface area contributed by atoms with Gasteiger partial charge in [-0.05, 0) is 12.1 Å². The molecule has 3 aromatic rings. The van der Waals surface area contributed by atoms with Crippen molar-refractivity contribution < 1.29 is 19.0 Å². The van der Waals surface area contributed by atoms with Crippen molar-refractivity contribution in [2.75, 3.05) is 0 Å². The average Bonchev–Trinajstić information content (AvgIpc) is 2.97. The minimum absolute atomic E-state index is 0.0210. The van der Waals surface area contributed by atoms with E-state index >= 15 is 0 Å². The second-order valence-electron chi connectivity index (χ2n) is 4.15. The SMILES string of the molecule is O=C(O)Oc1cccc(-c2cnc(-c3cncc(F)c3)s2)n1. The summed E-state index contributed by atoms with van der Waals surface area (Å²) in [6.45, 7) is 0. The topological polar surface area (TPSA) is 85.2 Å². The zero-order valence-corrected chi connectivity index (χ0v) is 11.7. The predicted molar refractivity (Wildman–Crippen MR) is 77.2 cm³/mol. The maximum absolute atomic E-state index is 13.2. The van der Waals surface area contributed by atoms with Crippen molar-refractivity contribution >= 4 is 17.5 Å². The van der Waals surface area contributed by atoms with Gasteiger partial charge in [0, 0.05) is 24.0 Å². The lowest BCUT2D eigenvalue weighted by Crippen LogP contribution is -2.04. The van der Waals surface area contributed by atoms with E-state index in [0.717, 1.165) is 6.20 Å². The van der Waals surface area contributed by atoms with E-state index in [0.29, 0.717) is 21.1 Å². The predicted octanol–water partition coefficient (Wildman–Crippen LogP) is 3.46. The first-order valence-corrected chi connectivity index (χ1v) is 6.88. The fourth-order valence-corrected chi connectivity index (χ4v) is 2.62. The van der Waals surface area contributed by atoms with Crippen LogP contribution in [0.25, 0.3) is 21.1 Å². The molecule has 0 radical (unpaired) electrons. The summed E-state index contributed by atoms with van der Waals surface area (Å²) < 4.78 is 17.7. The van der Waals surface area contributed by atoms with Crippen LogP contribution in [0.2, 0.25) is 0 Å². The lowest BCUT2D eigenvalue weighted by molar-refractivity contribution is 0.142. The molecule has 22 heavy (non-hydrogen) atoms. The number of rotatable bonds is 3. The first kappa shape index (κ1) is 14.1. The van der Waals surface area contributed by atoms with E-state index in [1.807, 2.05) is 0 Å². The average molecular weight is 317 g/mol. The van der Waals surface area contributed by atoms with E-state index in [2.05, 4.69) is 19.7 Å². The first-order chi connectivity index (χ1) is 10.6. The lowest BCUT2D eigenvalue weighted by Gasteiger charge is -2.00. The van der Waals surface area contributed by atoms with Crippen LogP contribution in [0.1, 0.15) is 0 Å². The van der Waals surface area contributed by atoms with Gasteiger partial charge < -0.3 is 9.84 Å². The molecule has 0 aromatic carbocycles. The highest BCUT2D eigenvalue weighted by Gasteiger charge is 2.10. The molecule has 0 aliphatic carbocycles. The minimum atomic E-state index is -1.43. The van der Waals surface area contributed by atoms with Crippen molar-refractivity contribution in [1.29, 1.82) is 0 Å². The maximum atomic E-state index is 13.2. The fraction of sp³-hybridized carbons (Fsp3) is 0. The van der Waals surface area contributed by atoms with Gasteiger partial charge in [-0.2, -0.15) is 0 Å². The number of hydrogen-bond donors (Lipinski definition) is 1. The Hall–Kier alpha value is -2.87. The standard InChI is InChI=1S/C14H8FN3O3S/c15-9-4-8(5-16-6-9)13-17-7-11(22-13)10-2-1-3-12(18-10)21-14(19)20/h1-7H,(H,19,20). The molecule has 3 rings (SSSR count). The lowest BCUT2D eigenvalue weighted by atomic mass is 10.3. The van der Waals surface area contributed by atoms with Crippen molar-refractivity contribution in [2.45, 2.75) is 0 Å². The van der Waals surface area contributed by atoms with Gasteiger partial charge in [-0.3, -0.25) is 4.98 Å². The summed E-state index contributed by atoms with van der Waals surface area (Å²) >= 11 is 1.29. The number of halogens is 1. The zero-order chi connectivity index (χ0) is 15.5. The highest BCUT2D eigenvalue weighted by molar-refractivity contribution is 7.18. The summed E-state index contributed by atoms with van der Waals surface area (Å²) in [6, 6.07) is 6.11. The van der Waals surface area contributed by atoms with Gasteiger partial charge in [0.05, 0.1) is 16.8 Å². The smallest absolute Gasteiger partial charge is 0.449 e. The molecule has 0 bridgehead atoms. The van der Waals surface area contributed by atoms with Crippen LogP contribution in [0.3, 0.4) is 0 Å². The van der Waals surface area contributed by atoms with Crippen LogP contribution in [0, 0.1) is 5.82 Å². The van der Waals surface area contributed by atoms with Gasteiger partial charge in [0.25, 0.3) is 0 Å². The molecule has 0 atom stereocenters. The molecule has 0 amide bonds. The molecule has 8 heteroatoms. The maximum Gasteiger partial charge on any atom is 0.512 e. The number of ether oxygens (including phenoxy) is 1. The van der Waals surface area contributed by atoms with Gasteiger partial charge in [-0.1, -0.05) is 6.07 Å². The van der Waals surface area contributed by atoms with E-state index in [1.165, 1.54) is 29.7 Å². The number of carbonyl (C=O) groups is 1. The van der Waals surface area contributed by atoms with Gasteiger partial charge in [0.1, 0.15) is 10.8 Å². The van der Waals surface area contributed by atoms with Crippen LogP contribution in [-0.2, 0) is 0 Å². The van der Waals surface area contributed by atoms with Gasteiger partial charge >= 0.3 is 6.16 Å². The largest absolute Gasteiger partial charge is 0.512 e. The van der Waals surface area contributed by atoms with Crippen LogP contribution < -0.4 is 4.74 Å². The molecule has 0 saturated heterocycles. The van der Waals surface area contributed by atoms with Crippen molar-refractivity contribution in [3.05, 3.63) is 48.7 Å². The number of thiazole rings is 1. The summed E-state index contributed by atoms with van der Waals surface area (Å²) in [4.78, 5) is 23.3. The second kappa shape index (κ2) is 5.86. The Labute approximate surface area is 127 Å². The third-order valence-electron chi connectivity index (χ3n) is 2.63. The van der Waals surface area contributed by atoms with Crippen molar-refractivity contribution in [1.82, 2.24) is 15.0 Å². The first-order valence-electron chi connectivity index (χ1n) is 6.07. The number of pyridine rings is 2. The Kier molecular flexibility index (Phi) is 3.75. The van der Waals surface area contributed by atoms with E-state index in [1.54, 1.807) is 18.3 Å². The van der Waals surface area contributed by atoms with Gasteiger partial charge in [0.2, 0.25) is 5.88 Å². The molecular weight excluding hydrogens is 309 g/mol. The Balaban J connectivity index is 1.92. The van der Waals surface area contributed by atoms with E-state index in [9.17, 15) is 9.18 Å². The zero-order valence-electron chi connectivity index (χ0n) is 10.9. The fourth-order valence-electron chi connectivity index (χ4n) is 1.75. The van der Waals surface area contributed by atoms with Crippen molar-refractivity contribution in [2.24, 2.45) is 0 Å². The molecular formula is C14H8FN3O3S. The third kappa shape index (κ3) is 3.07. The monoisotopic (exact) mass is 317 g/mol. The van der Waals surface area contributed by atoms with Crippen LogP contribution >= 0.6 is 11.3 Å². The molecule has 0 saturated carbocycles. The summed E-state index contributed by atoms with van der Waals surface area (Å²) in [5, 5.41) is 9.18. The summed E-state index contributed by atoms with van der Waals surface area (Å²) in [5.74, 6) is -0.461. The number of hydrogen-bond acceptors (Lipinski definition) is 6. The van der Waals surface area contributed by atoms with Crippen LogP contribution in [0.4, 0.5) is 9.18 Å². The highest BCUT2D eigenvalue weighted by Crippen LogP contribution is 2.31. The third-order valence-corrected chi connectivity index (χ3v) is 3.69. The Morgan fingerprint density at radius 2 is 2.14 bits per heavy atom. The van der Waals surface area contributed by atoms with Gasteiger partial charge in [-0.15, -0.1) is 11.3 Å². The number of nitrogens with zero attached hydrogens (tertiary/aromatic N) is 3. The summed E-state index contributed by atoms with van der Waals surface area (Å²) in [6.07, 6.45) is 2.79. The van der Waals surface area contributed by atoms with E-state index in [4.69, 9.17) is 5.11 Å². The summed E-state index contributed by atoms with van der Waals surface area (Å²) in [7, 11) is 0. The molecule has 1 N–H and O–H groups in total. The normalized spacial score (nSPS) is 10.4. The molecule has 0 aliphatic rings. The quantitative estimate of drug-likeness (QED) is 0.745. The molecule has 0 unspecified atom stereocenters. The summed E-state index contributed by atoms with van der Waals surface area (Å²) in [5.41, 5.74) is 1.08. The Bertz CT molecular complexity index is 837. The van der Waals surface area contributed by atoms with Crippen LogP contribution in [-0.4, -0.2) is 26.2 Å². The molecule has 0 aliphatic heterocycles. The van der Waals surface area contributed by atoms with Crippen LogP contribution in [0.15, 0.2) is 42.9 Å². The van der Waals surface area contributed by atoms with Crippen molar-refractivity contribution in [3.8, 4) is 27.0 Å². The van der Waals surface area contributed by atoms with Gasteiger partial charge in [-0.25, -0.2) is 19.2 Å². The van der Waals surface area contributed by atoms with E-state index in [-0.39, 0.29) is 5.88 Å². The highest BCUT2D eigenvalue weighted by atomic mass is 32.1. The number of carboxylic acid groups (broad SMARTS) is 1. The Morgan fingerprint density at radius 1 is 1.27 bits per heavy atom. The van der Waals surface area contributed by atoms with Crippen LogP contribution in [0.5, 0.6) is 5.88 Å². The molecule has 0 fully saturated rings. The second-order valence-corrected chi connectivity index (χ2v) is 5.18. The molecule has 0 spiro atoms. The number of aromatic nitrogens is 3. The minimum Gasteiger partial charge on any atom is -0.449 e. The van der Waals surface area contributed by atoms with Gasteiger partial charge in [0.15, 0.2) is 0 Å². The molecule has 6 nitrogen and oxygen atoms in total. The molecule has 110 valence electrons. The van der Waals surface area contributed by atoms with E-state index < -0.39 is 12.0 Å².